The Labute approximate surface area is 114 Å². The van der Waals surface area contributed by atoms with Crippen molar-refractivity contribution in [2.24, 2.45) is 5.73 Å². The van der Waals surface area contributed by atoms with Gasteiger partial charge in [0.2, 0.25) is 5.91 Å². The van der Waals surface area contributed by atoms with E-state index in [2.05, 4.69) is 16.8 Å². The molecule has 1 aliphatic heterocycles. The smallest absolute Gasteiger partial charge is 0.241 e. The maximum absolute atomic E-state index is 11.7. The van der Waals surface area contributed by atoms with Crippen molar-refractivity contribution in [3.8, 4) is 0 Å². The van der Waals surface area contributed by atoms with Crippen LogP contribution in [-0.2, 0) is 4.79 Å². The first-order chi connectivity index (χ1) is 9.20. The van der Waals surface area contributed by atoms with E-state index >= 15 is 0 Å². The number of carbonyl (C=O) groups is 1. The average molecular weight is 259 g/mol. The van der Waals surface area contributed by atoms with E-state index in [0.717, 1.165) is 18.8 Å². The zero-order valence-electron chi connectivity index (χ0n) is 11.1. The average Bonchev–Trinajstić information content (AvgIpc) is 2.94. The van der Waals surface area contributed by atoms with Gasteiger partial charge in [-0.2, -0.15) is 0 Å². The quantitative estimate of drug-likeness (QED) is 0.796. The molecule has 19 heavy (non-hydrogen) atoms. The summed E-state index contributed by atoms with van der Waals surface area (Å²) >= 11 is 0. The maximum atomic E-state index is 11.7. The van der Waals surface area contributed by atoms with Crippen LogP contribution in [0.25, 0.3) is 0 Å². The summed E-state index contributed by atoms with van der Waals surface area (Å²) in [5.74, 6) is -0.172. The number of nitrogens with one attached hydrogen (secondary N) is 1. The van der Waals surface area contributed by atoms with E-state index in [4.69, 9.17) is 5.73 Å². The molecule has 0 saturated carbocycles. The molecular formula is C15H21N3O. The Hall–Kier alpha value is -1.81. The second-order valence-corrected chi connectivity index (χ2v) is 4.86. The minimum atomic E-state index is -0.532. The number of benzene rings is 1. The van der Waals surface area contributed by atoms with Crippen molar-refractivity contribution in [3.63, 3.8) is 0 Å². The van der Waals surface area contributed by atoms with Crippen molar-refractivity contribution in [1.29, 1.82) is 0 Å². The molecule has 0 radical (unpaired) electrons. The lowest BCUT2D eigenvalue weighted by molar-refractivity contribution is -0.117. The molecule has 4 nitrogen and oxygen atoms in total. The molecule has 1 heterocycles. The molecule has 4 heteroatoms. The van der Waals surface area contributed by atoms with Gasteiger partial charge in [-0.05, 0) is 43.5 Å². The lowest BCUT2D eigenvalue weighted by Gasteiger charge is -2.18. The van der Waals surface area contributed by atoms with Gasteiger partial charge in [0.1, 0.15) is 0 Å². The molecule has 3 N–H and O–H groups in total. The van der Waals surface area contributed by atoms with E-state index in [0.29, 0.717) is 6.42 Å². The largest absolute Gasteiger partial charge is 0.372 e. The second-order valence-electron chi connectivity index (χ2n) is 4.86. The lowest BCUT2D eigenvalue weighted by atomic mass is 10.2. The molecule has 0 aromatic heterocycles. The fourth-order valence-electron chi connectivity index (χ4n) is 2.25. The van der Waals surface area contributed by atoms with Crippen LogP contribution in [0.3, 0.4) is 0 Å². The highest BCUT2D eigenvalue weighted by molar-refractivity contribution is 5.94. The molecule has 1 amide bonds. The Balaban J connectivity index is 1.94. The van der Waals surface area contributed by atoms with Crippen LogP contribution in [0.5, 0.6) is 0 Å². The number of nitrogens with two attached hydrogens (primary N) is 1. The summed E-state index contributed by atoms with van der Waals surface area (Å²) in [4.78, 5) is 14.1. The van der Waals surface area contributed by atoms with Crippen LogP contribution in [0.1, 0.15) is 19.3 Å². The van der Waals surface area contributed by atoms with Crippen molar-refractivity contribution >= 4 is 17.3 Å². The van der Waals surface area contributed by atoms with Gasteiger partial charge in [0.15, 0.2) is 0 Å². The van der Waals surface area contributed by atoms with E-state index < -0.39 is 6.04 Å². The second kappa shape index (κ2) is 6.38. The monoisotopic (exact) mass is 259 g/mol. The highest BCUT2D eigenvalue weighted by Crippen LogP contribution is 2.22. The first kappa shape index (κ1) is 13.6. The van der Waals surface area contributed by atoms with E-state index in [9.17, 15) is 4.79 Å². The van der Waals surface area contributed by atoms with Crippen molar-refractivity contribution in [2.75, 3.05) is 23.3 Å². The highest BCUT2D eigenvalue weighted by Gasteiger charge is 2.13. The Bertz CT molecular complexity index is 435. The molecule has 1 fully saturated rings. The number of nitrogens with zero attached hydrogens (tertiary/aromatic N) is 1. The van der Waals surface area contributed by atoms with Gasteiger partial charge in [-0.15, -0.1) is 6.58 Å². The third kappa shape index (κ3) is 3.58. The zero-order chi connectivity index (χ0) is 13.7. The minimum Gasteiger partial charge on any atom is -0.372 e. The first-order valence-electron chi connectivity index (χ1n) is 6.73. The summed E-state index contributed by atoms with van der Waals surface area (Å²) in [5, 5.41) is 2.81. The fraction of sp³-hybridized carbons (Fsp3) is 0.400. The van der Waals surface area contributed by atoms with Crippen LogP contribution in [0, 0.1) is 0 Å². The van der Waals surface area contributed by atoms with Crippen molar-refractivity contribution < 1.29 is 4.79 Å². The normalized spacial score (nSPS) is 16.2. The van der Waals surface area contributed by atoms with E-state index in [1.54, 1.807) is 6.08 Å². The summed E-state index contributed by atoms with van der Waals surface area (Å²) in [5.41, 5.74) is 7.71. The number of rotatable bonds is 5. The number of anilines is 2. The molecule has 1 unspecified atom stereocenters. The Morgan fingerprint density at radius 3 is 2.58 bits per heavy atom. The summed E-state index contributed by atoms with van der Waals surface area (Å²) in [6, 6.07) is 7.40. The van der Waals surface area contributed by atoms with Crippen LogP contribution in [-0.4, -0.2) is 25.0 Å². The molecular weight excluding hydrogens is 238 g/mol. The van der Waals surface area contributed by atoms with Gasteiger partial charge in [-0.25, -0.2) is 0 Å². The lowest BCUT2D eigenvalue weighted by Crippen LogP contribution is -2.35. The molecule has 2 rings (SSSR count). The maximum Gasteiger partial charge on any atom is 0.241 e. The fourth-order valence-corrected chi connectivity index (χ4v) is 2.25. The molecule has 0 spiro atoms. The van der Waals surface area contributed by atoms with Crippen LogP contribution in [0.2, 0.25) is 0 Å². The third-order valence-corrected chi connectivity index (χ3v) is 3.36. The van der Waals surface area contributed by atoms with E-state index in [1.165, 1.54) is 18.5 Å². The molecule has 0 bridgehead atoms. The Morgan fingerprint density at radius 1 is 1.37 bits per heavy atom. The molecule has 0 aliphatic carbocycles. The van der Waals surface area contributed by atoms with Gasteiger partial charge < -0.3 is 16.0 Å². The van der Waals surface area contributed by atoms with Gasteiger partial charge in [-0.3, -0.25) is 4.79 Å². The van der Waals surface area contributed by atoms with Gasteiger partial charge in [0.25, 0.3) is 0 Å². The molecule has 1 aliphatic rings. The predicted molar refractivity (Wildman–Crippen MR) is 79.3 cm³/mol. The summed E-state index contributed by atoms with van der Waals surface area (Å²) < 4.78 is 0. The predicted octanol–water partition coefficient (Wildman–Crippen LogP) is 2.13. The number of carbonyl (C=O) groups excluding carboxylic acids is 1. The van der Waals surface area contributed by atoms with Gasteiger partial charge >= 0.3 is 0 Å². The standard InChI is InChI=1S/C15H21N3O/c1-2-5-14(16)15(19)17-12-6-8-13(9-7-12)18-10-3-4-11-18/h2,6-9,14H,1,3-5,10-11,16H2,(H,17,19). The molecule has 1 aromatic rings. The van der Waals surface area contributed by atoms with Crippen molar-refractivity contribution in [3.05, 3.63) is 36.9 Å². The number of hydrogen-bond acceptors (Lipinski definition) is 3. The van der Waals surface area contributed by atoms with Crippen molar-refractivity contribution in [2.45, 2.75) is 25.3 Å². The summed E-state index contributed by atoms with van der Waals surface area (Å²) in [6.07, 6.45) is 4.65. The summed E-state index contributed by atoms with van der Waals surface area (Å²) in [6.45, 7) is 5.82. The van der Waals surface area contributed by atoms with E-state index in [1.807, 2.05) is 24.3 Å². The third-order valence-electron chi connectivity index (χ3n) is 3.36. The minimum absolute atomic E-state index is 0.172. The zero-order valence-corrected chi connectivity index (χ0v) is 11.1. The number of amides is 1. The number of hydrogen-bond donors (Lipinski definition) is 2. The Kier molecular flexibility index (Phi) is 4.58. The van der Waals surface area contributed by atoms with Gasteiger partial charge in [0, 0.05) is 24.5 Å². The SMILES string of the molecule is C=CCC(N)C(=O)Nc1ccc(N2CCCC2)cc1. The highest BCUT2D eigenvalue weighted by atomic mass is 16.2. The molecule has 102 valence electrons. The molecule has 1 aromatic carbocycles. The summed E-state index contributed by atoms with van der Waals surface area (Å²) in [7, 11) is 0. The first-order valence-corrected chi connectivity index (χ1v) is 6.73. The van der Waals surface area contributed by atoms with Gasteiger partial charge in [-0.1, -0.05) is 6.08 Å². The Morgan fingerprint density at radius 2 is 2.00 bits per heavy atom. The van der Waals surface area contributed by atoms with Crippen LogP contribution >= 0.6 is 0 Å². The molecule has 1 saturated heterocycles. The topological polar surface area (TPSA) is 58.4 Å². The van der Waals surface area contributed by atoms with Crippen LogP contribution in [0.15, 0.2) is 36.9 Å². The van der Waals surface area contributed by atoms with Gasteiger partial charge in [0.05, 0.1) is 6.04 Å². The molecule has 1 atom stereocenters. The van der Waals surface area contributed by atoms with Crippen LogP contribution < -0.4 is 16.0 Å². The van der Waals surface area contributed by atoms with Crippen molar-refractivity contribution in [1.82, 2.24) is 0 Å². The van der Waals surface area contributed by atoms with E-state index in [-0.39, 0.29) is 5.91 Å². The van der Waals surface area contributed by atoms with Crippen LogP contribution in [0.4, 0.5) is 11.4 Å².